The Hall–Kier alpha value is -1.30. The lowest BCUT2D eigenvalue weighted by Gasteiger charge is -2.33. The molecule has 1 saturated heterocycles. The van der Waals surface area contributed by atoms with Crippen LogP contribution >= 0.6 is 0 Å². The third-order valence-corrected chi connectivity index (χ3v) is 2.76. The van der Waals surface area contributed by atoms with E-state index in [2.05, 4.69) is 0 Å². The summed E-state index contributed by atoms with van der Waals surface area (Å²) in [5, 5.41) is 16.0. The molecule has 0 radical (unpaired) electrons. The largest absolute Gasteiger partial charge is 0.480 e. The third kappa shape index (κ3) is 3.39. The summed E-state index contributed by atoms with van der Waals surface area (Å²) in [6.45, 7) is 1.43. The minimum Gasteiger partial charge on any atom is -0.480 e. The van der Waals surface area contributed by atoms with Crippen LogP contribution in [0.5, 0.6) is 0 Å². The second-order valence-corrected chi connectivity index (χ2v) is 4.02. The zero-order chi connectivity index (χ0) is 11.4. The Morgan fingerprint density at radius 3 is 2.87 bits per heavy atom. The first kappa shape index (κ1) is 11.8. The summed E-state index contributed by atoms with van der Waals surface area (Å²) >= 11 is 0. The molecule has 0 aromatic heterocycles. The number of likely N-dealkylation sites (tertiary alicyclic amines) is 1. The van der Waals surface area contributed by atoms with Crippen molar-refractivity contribution in [2.75, 3.05) is 13.1 Å². The molecule has 1 unspecified atom stereocenters. The lowest BCUT2D eigenvalue weighted by molar-refractivity contribution is -0.139. The van der Waals surface area contributed by atoms with Crippen LogP contribution in [0.2, 0.25) is 0 Å². The van der Waals surface area contributed by atoms with E-state index in [0.29, 0.717) is 13.0 Å². The van der Waals surface area contributed by atoms with Gasteiger partial charge in [0, 0.05) is 13.1 Å². The Labute approximate surface area is 88.7 Å². The standard InChI is InChI=1S/C9H18N4O2/c10-7(8(14)15)4-6-2-1-3-13(5-6)9(11)12/h6-7H,1-5,10H2,(H3,11,12)(H,14,15)/t6?,7-/m0/s1. The Bertz CT molecular complexity index is 254. The van der Waals surface area contributed by atoms with E-state index < -0.39 is 12.0 Å². The van der Waals surface area contributed by atoms with E-state index >= 15 is 0 Å². The van der Waals surface area contributed by atoms with Gasteiger partial charge in [-0.3, -0.25) is 10.2 Å². The highest BCUT2D eigenvalue weighted by molar-refractivity contribution is 5.75. The summed E-state index contributed by atoms with van der Waals surface area (Å²) in [6, 6.07) is -0.804. The van der Waals surface area contributed by atoms with Crippen LogP contribution < -0.4 is 11.5 Å². The molecule has 6 heteroatoms. The van der Waals surface area contributed by atoms with Crippen molar-refractivity contribution in [3.63, 3.8) is 0 Å². The molecule has 15 heavy (non-hydrogen) atoms. The van der Waals surface area contributed by atoms with Gasteiger partial charge in [0.2, 0.25) is 0 Å². The fourth-order valence-corrected chi connectivity index (χ4v) is 1.94. The SMILES string of the molecule is N=C(N)N1CCCC(C[C@H](N)C(=O)O)C1. The lowest BCUT2D eigenvalue weighted by atomic mass is 9.92. The van der Waals surface area contributed by atoms with E-state index in [0.717, 1.165) is 19.4 Å². The normalized spacial score (nSPS) is 23.5. The monoisotopic (exact) mass is 214 g/mol. The molecule has 6 N–H and O–H groups in total. The molecule has 1 aliphatic rings. The van der Waals surface area contributed by atoms with E-state index in [1.165, 1.54) is 0 Å². The van der Waals surface area contributed by atoms with Crippen molar-refractivity contribution in [3.8, 4) is 0 Å². The minimum absolute atomic E-state index is 0.0589. The lowest BCUT2D eigenvalue weighted by Crippen LogP contribution is -2.45. The van der Waals surface area contributed by atoms with Crippen molar-refractivity contribution in [1.82, 2.24) is 4.90 Å². The predicted octanol–water partition coefficient (Wildman–Crippen LogP) is -0.606. The number of nitrogens with one attached hydrogen (secondary N) is 1. The molecule has 0 amide bonds. The van der Waals surface area contributed by atoms with E-state index in [9.17, 15) is 4.79 Å². The maximum Gasteiger partial charge on any atom is 0.320 e. The van der Waals surface area contributed by atoms with E-state index in [4.69, 9.17) is 22.0 Å². The molecule has 86 valence electrons. The third-order valence-electron chi connectivity index (χ3n) is 2.76. The second-order valence-electron chi connectivity index (χ2n) is 4.02. The summed E-state index contributed by atoms with van der Waals surface area (Å²) in [4.78, 5) is 12.3. The van der Waals surface area contributed by atoms with Gasteiger partial charge in [0.25, 0.3) is 0 Å². The minimum atomic E-state index is -0.963. The number of piperidine rings is 1. The van der Waals surface area contributed by atoms with Gasteiger partial charge >= 0.3 is 5.97 Å². The van der Waals surface area contributed by atoms with Gasteiger partial charge in [0.1, 0.15) is 6.04 Å². The first-order chi connectivity index (χ1) is 7.00. The Morgan fingerprint density at radius 2 is 2.33 bits per heavy atom. The molecule has 1 fully saturated rings. The van der Waals surface area contributed by atoms with Gasteiger partial charge in [-0.1, -0.05) is 0 Å². The van der Waals surface area contributed by atoms with Crippen molar-refractivity contribution in [2.24, 2.45) is 17.4 Å². The molecule has 1 rings (SSSR count). The topological polar surface area (TPSA) is 116 Å². The number of hydrogen-bond acceptors (Lipinski definition) is 3. The van der Waals surface area contributed by atoms with Crippen LogP contribution in [0.4, 0.5) is 0 Å². The molecule has 1 aliphatic heterocycles. The van der Waals surface area contributed by atoms with Gasteiger partial charge < -0.3 is 21.5 Å². The van der Waals surface area contributed by atoms with Crippen LogP contribution in [-0.2, 0) is 4.79 Å². The molecule has 0 aromatic carbocycles. The average molecular weight is 214 g/mol. The van der Waals surface area contributed by atoms with E-state index in [1.807, 2.05) is 0 Å². The van der Waals surface area contributed by atoms with Crippen molar-refractivity contribution in [3.05, 3.63) is 0 Å². The zero-order valence-electron chi connectivity index (χ0n) is 8.65. The first-order valence-corrected chi connectivity index (χ1v) is 5.08. The van der Waals surface area contributed by atoms with Gasteiger partial charge in [-0.25, -0.2) is 0 Å². The summed E-state index contributed by atoms with van der Waals surface area (Å²) < 4.78 is 0. The molecular formula is C9H18N4O2. The number of nitrogens with zero attached hydrogens (tertiary/aromatic N) is 1. The predicted molar refractivity (Wildman–Crippen MR) is 56.4 cm³/mol. The average Bonchev–Trinajstić information content (AvgIpc) is 2.18. The fraction of sp³-hybridized carbons (Fsp3) is 0.778. The van der Waals surface area contributed by atoms with Crippen LogP contribution in [-0.4, -0.2) is 41.1 Å². The molecule has 0 bridgehead atoms. The van der Waals surface area contributed by atoms with E-state index in [-0.39, 0.29) is 11.9 Å². The number of carboxylic acids is 1. The van der Waals surface area contributed by atoms with Crippen molar-refractivity contribution in [1.29, 1.82) is 5.41 Å². The summed E-state index contributed by atoms with van der Waals surface area (Å²) in [5.74, 6) is -0.674. The molecule has 0 saturated carbocycles. The van der Waals surface area contributed by atoms with Crippen molar-refractivity contribution < 1.29 is 9.90 Å². The molecule has 1 heterocycles. The second kappa shape index (κ2) is 4.97. The summed E-state index contributed by atoms with van der Waals surface area (Å²) in [5.41, 5.74) is 10.8. The highest BCUT2D eigenvalue weighted by Crippen LogP contribution is 2.20. The first-order valence-electron chi connectivity index (χ1n) is 5.08. The van der Waals surface area contributed by atoms with Crippen LogP contribution in [0, 0.1) is 11.3 Å². The highest BCUT2D eigenvalue weighted by Gasteiger charge is 2.24. The van der Waals surface area contributed by atoms with Crippen LogP contribution in [0.3, 0.4) is 0 Å². The summed E-state index contributed by atoms with van der Waals surface area (Å²) in [6.07, 6.45) is 2.36. The Balaban J connectivity index is 2.43. The molecule has 0 aromatic rings. The molecule has 6 nitrogen and oxygen atoms in total. The van der Waals surface area contributed by atoms with Gasteiger partial charge in [-0.05, 0) is 25.2 Å². The number of rotatable bonds is 3. The number of hydrogen-bond donors (Lipinski definition) is 4. The zero-order valence-corrected chi connectivity index (χ0v) is 8.65. The van der Waals surface area contributed by atoms with Gasteiger partial charge in [-0.2, -0.15) is 0 Å². The fourth-order valence-electron chi connectivity index (χ4n) is 1.94. The molecular weight excluding hydrogens is 196 g/mol. The number of carboxylic acid groups (broad SMARTS) is 1. The van der Waals surface area contributed by atoms with Crippen LogP contribution in [0.25, 0.3) is 0 Å². The highest BCUT2D eigenvalue weighted by atomic mass is 16.4. The smallest absolute Gasteiger partial charge is 0.320 e. The number of nitrogens with two attached hydrogens (primary N) is 2. The van der Waals surface area contributed by atoms with Crippen molar-refractivity contribution in [2.45, 2.75) is 25.3 Å². The molecule has 2 atom stereocenters. The quantitative estimate of drug-likeness (QED) is 0.369. The number of carbonyl (C=O) groups is 1. The van der Waals surface area contributed by atoms with Crippen LogP contribution in [0.15, 0.2) is 0 Å². The van der Waals surface area contributed by atoms with Crippen molar-refractivity contribution >= 4 is 11.9 Å². The maximum atomic E-state index is 10.6. The summed E-state index contributed by atoms with van der Waals surface area (Å²) in [7, 11) is 0. The maximum absolute atomic E-state index is 10.6. The van der Waals surface area contributed by atoms with Gasteiger partial charge in [0.05, 0.1) is 0 Å². The van der Waals surface area contributed by atoms with Crippen LogP contribution in [0.1, 0.15) is 19.3 Å². The molecule has 0 spiro atoms. The Morgan fingerprint density at radius 1 is 1.67 bits per heavy atom. The molecule has 0 aliphatic carbocycles. The van der Waals surface area contributed by atoms with E-state index in [1.54, 1.807) is 4.90 Å². The van der Waals surface area contributed by atoms with Gasteiger partial charge in [-0.15, -0.1) is 0 Å². The van der Waals surface area contributed by atoms with Gasteiger partial charge in [0.15, 0.2) is 5.96 Å². The number of guanidine groups is 1. The number of aliphatic carboxylic acids is 1. The Kier molecular flexibility index (Phi) is 3.90.